The highest BCUT2D eigenvalue weighted by atomic mass is 79.9. The van der Waals surface area contributed by atoms with Crippen molar-refractivity contribution in [3.63, 3.8) is 0 Å². The second-order valence-electron chi connectivity index (χ2n) is 4.34. The molecule has 0 aromatic heterocycles. The topological polar surface area (TPSA) is 12.0 Å². The van der Waals surface area contributed by atoms with Crippen molar-refractivity contribution < 1.29 is 0 Å². The molecule has 0 heterocycles. The van der Waals surface area contributed by atoms with Crippen molar-refractivity contribution in [3.05, 3.63) is 69.7 Å². The smallest absolute Gasteiger partial charge is 0.0585 e. The van der Waals surface area contributed by atoms with Crippen molar-refractivity contribution >= 4 is 15.9 Å². The summed E-state index contributed by atoms with van der Waals surface area (Å²) in [5.41, 5.74) is 3.94. The number of hydrogen-bond acceptors (Lipinski definition) is 1. The van der Waals surface area contributed by atoms with Crippen molar-refractivity contribution in [2.75, 3.05) is 7.05 Å². The Labute approximate surface area is 117 Å². The molecule has 1 N–H and O–H groups in total. The van der Waals surface area contributed by atoms with Gasteiger partial charge in [0.25, 0.3) is 0 Å². The summed E-state index contributed by atoms with van der Waals surface area (Å²) in [4.78, 5) is 0. The number of hydrogen-bond donors (Lipinski definition) is 1. The summed E-state index contributed by atoms with van der Waals surface area (Å²) in [6.45, 7) is 2.18. The van der Waals surface area contributed by atoms with Gasteiger partial charge < -0.3 is 5.32 Å². The first-order valence-electron chi connectivity index (χ1n) is 6.26. The van der Waals surface area contributed by atoms with Gasteiger partial charge in [-0.05, 0) is 36.2 Å². The number of nitrogens with one attached hydrogen (secondary N) is 1. The molecule has 0 saturated heterocycles. The molecule has 0 amide bonds. The van der Waals surface area contributed by atoms with Gasteiger partial charge in [0.15, 0.2) is 0 Å². The van der Waals surface area contributed by atoms with Gasteiger partial charge in [-0.25, -0.2) is 0 Å². The molecule has 2 aromatic rings. The highest BCUT2D eigenvalue weighted by Crippen LogP contribution is 2.28. The molecule has 0 fully saturated rings. The number of aryl methyl sites for hydroxylation is 1. The van der Waals surface area contributed by atoms with Crippen LogP contribution in [0.3, 0.4) is 0 Å². The standard InChI is InChI=1S/C16H18BrN/c1-3-12-8-10-13(11-9-12)16(18-2)14-6-4-5-7-15(14)17/h4-11,16,18H,3H2,1-2H3. The Balaban J connectivity index is 2.36. The summed E-state index contributed by atoms with van der Waals surface area (Å²) >= 11 is 3.62. The van der Waals surface area contributed by atoms with Crippen LogP contribution in [0.4, 0.5) is 0 Å². The number of benzene rings is 2. The summed E-state index contributed by atoms with van der Waals surface area (Å²) in [5.74, 6) is 0. The summed E-state index contributed by atoms with van der Waals surface area (Å²) in [6, 6.07) is 17.4. The predicted octanol–water partition coefficient (Wildman–Crippen LogP) is 4.32. The van der Waals surface area contributed by atoms with Crippen molar-refractivity contribution in [1.29, 1.82) is 0 Å². The van der Waals surface area contributed by atoms with Crippen LogP contribution < -0.4 is 5.32 Å². The van der Waals surface area contributed by atoms with Gasteiger partial charge >= 0.3 is 0 Å². The van der Waals surface area contributed by atoms with Gasteiger partial charge in [0.2, 0.25) is 0 Å². The van der Waals surface area contributed by atoms with E-state index in [1.165, 1.54) is 16.7 Å². The molecule has 2 heteroatoms. The largest absolute Gasteiger partial charge is 0.309 e. The first-order valence-corrected chi connectivity index (χ1v) is 7.06. The van der Waals surface area contributed by atoms with Crippen molar-refractivity contribution in [3.8, 4) is 0 Å². The molecular formula is C16H18BrN. The molecule has 1 atom stereocenters. The molecule has 0 spiro atoms. The minimum absolute atomic E-state index is 0.228. The zero-order valence-electron chi connectivity index (χ0n) is 10.8. The van der Waals surface area contributed by atoms with Crippen molar-refractivity contribution in [1.82, 2.24) is 5.32 Å². The van der Waals surface area contributed by atoms with Crippen LogP contribution in [0.1, 0.15) is 29.7 Å². The fourth-order valence-corrected chi connectivity index (χ4v) is 2.67. The molecule has 0 aliphatic carbocycles. The van der Waals surface area contributed by atoms with Gasteiger partial charge in [-0.2, -0.15) is 0 Å². The summed E-state index contributed by atoms with van der Waals surface area (Å²) < 4.78 is 1.14. The zero-order valence-corrected chi connectivity index (χ0v) is 12.4. The Bertz CT molecular complexity index is 505. The Kier molecular flexibility index (Phi) is 4.56. The third-order valence-corrected chi connectivity index (χ3v) is 3.95. The quantitative estimate of drug-likeness (QED) is 0.887. The second kappa shape index (κ2) is 6.17. The molecule has 0 aliphatic heterocycles. The van der Waals surface area contributed by atoms with Crippen LogP contribution in [0.2, 0.25) is 0 Å². The third-order valence-electron chi connectivity index (χ3n) is 3.23. The Morgan fingerprint density at radius 1 is 1.06 bits per heavy atom. The van der Waals surface area contributed by atoms with Gasteiger partial charge in [-0.15, -0.1) is 0 Å². The molecule has 2 aromatic carbocycles. The Hall–Kier alpha value is -1.12. The molecule has 94 valence electrons. The first kappa shape index (κ1) is 13.3. The van der Waals surface area contributed by atoms with Gasteiger partial charge in [-0.3, -0.25) is 0 Å². The minimum atomic E-state index is 0.228. The third kappa shape index (κ3) is 2.82. The van der Waals surface area contributed by atoms with Gasteiger partial charge in [-0.1, -0.05) is 65.3 Å². The van der Waals surface area contributed by atoms with Crippen molar-refractivity contribution in [2.24, 2.45) is 0 Å². The molecule has 0 radical (unpaired) electrons. The van der Waals surface area contributed by atoms with Gasteiger partial charge in [0.05, 0.1) is 6.04 Å². The lowest BCUT2D eigenvalue weighted by Crippen LogP contribution is -2.18. The zero-order chi connectivity index (χ0) is 13.0. The van der Waals surface area contributed by atoms with Crippen LogP contribution in [0.15, 0.2) is 53.0 Å². The van der Waals surface area contributed by atoms with E-state index < -0.39 is 0 Å². The van der Waals surface area contributed by atoms with E-state index in [-0.39, 0.29) is 6.04 Å². The van der Waals surface area contributed by atoms with E-state index in [2.05, 4.69) is 70.6 Å². The monoisotopic (exact) mass is 303 g/mol. The molecule has 18 heavy (non-hydrogen) atoms. The average Bonchev–Trinajstić information content (AvgIpc) is 2.42. The Morgan fingerprint density at radius 2 is 1.72 bits per heavy atom. The van der Waals surface area contributed by atoms with E-state index >= 15 is 0 Å². The minimum Gasteiger partial charge on any atom is -0.309 e. The summed E-state index contributed by atoms with van der Waals surface area (Å²) in [6.07, 6.45) is 1.08. The molecule has 1 unspecified atom stereocenters. The molecule has 2 rings (SSSR count). The maximum absolute atomic E-state index is 3.62. The SMILES string of the molecule is CCc1ccc(C(NC)c2ccccc2Br)cc1. The van der Waals surface area contributed by atoms with E-state index in [4.69, 9.17) is 0 Å². The van der Waals surface area contributed by atoms with Crippen LogP contribution in [-0.4, -0.2) is 7.05 Å². The highest BCUT2D eigenvalue weighted by Gasteiger charge is 2.13. The average molecular weight is 304 g/mol. The lowest BCUT2D eigenvalue weighted by atomic mass is 9.97. The summed E-state index contributed by atoms with van der Waals surface area (Å²) in [5, 5.41) is 3.38. The molecule has 1 nitrogen and oxygen atoms in total. The molecular weight excluding hydrogens is 286 g/mol. The fourth-order valence-electron chi connectivity index (χ4n) is 2.16. The van der Waals surface area contributed by atoms with Gasteiger partial charge in [0.1, 0.15) is 0 Å². The van der Waals surface area contributed by atoms with E-state index in [1.54, 1.807) is 0 Å². The predicted molar refractivity (Wildman–Crippen MR) is 80.9 cm³/mol. The normalized spacial score (nSPS) is 12.4. The second-order valence-corrected chi connectivity index (χ2v) is 5.19. The highest BCUT2D eigenvalue weighted by molar-refractivity contribution is 9.10. The van der Waals surface area contributed by atoms with E-state index in [9.17, 15) is 0 Å². The first-order chi connectivity index (χ1) is 8.76. The lowest BCUT2D eigenvalue weighted by Gasteiger charge is -2.19. The maximum atomic E-state index is 3.62. The Morgan fingerprint density at radius 3 is 2.28 bits per heavy atom. The van der Waals surface area contributed by atoms with Crippen LogP contribution in [0, 0.1) is 0 Å². The fraction of sp³-hybridized carbons (Fsp3) is 0.250. The van der Waals surface area contributed by atoms with Gasteiger partial charge in [0, 0.05) is 4.47 Å². The van der Waals surface area contributed by atoms with E-state index in [0.29, 0.717) is 0 Å². The number of rotatable bonds is 4. The van der Waals surface area contributed by atoms with Crippen molar-refractivity contribution in [2.45, 2.75) is 19.4 Å². The van der Waals surface area contributed by atoms with Crippen LogP contribution in [0.5, 0.6) is 0 Å². The molecule has 0 aliphatic rings. The lowest BCUT2D eigenvalue weighted by molar-refractivity contribution is 0.688. The number of halogens is 1. The van der Waals surface area contributed by atoms with E-state index in [0.717, 1.165) is 10.9 Å². The maximum Gasteiger partial charge on any atom is 0.0585 e. The van der Waals surface area contributed by atoms with Crippen LogP contribution in [0.25, 0.3) is 0 Å². The van der Waals surface area contributed by atoms with Crippen LogP contribution in [-0.2, 0) is 6.42 Å². The van der Waals surface area contributed by atoms with Crippen LogP contribution >= 0.6 is 15.9 Å². The van der Waals surface area contributed by atoms with E-state index in [1.807, 2.05) is 13.1 Å². The molecule has 0 bridgehead atoms. The summed E-state index contributed by atoms with van der Waals surface area (Å²) in [7, 11) is 2.00. The molecule has 0 saturated carbocycles.